The first-order valence-electron chi connectivity index (χ1n) is 6.35. The lowest BCUT2D eigenvalue weighted by atomic mass is 9.96. The van der Waals surface area contributed by atoms with Gasteiger partial charge in [-0.15, -0.1) is 0 Å². The van der Waals surface area contributed by atoms with Crippen LogP contribution in [0.1, 0.15) is 37.5 Å². The minimum Gasteiger partial charge on any atom is -0.349 e. The first-order chi connectivity index (χ1) is 8.22. The minimum absolute atomic E-state index is 0.0194. The smallest absolute Gasteiger partial charge is 0.224 e. The highest BCUT2D eigenvalue weighted by Gasteiger charge is 2.24. The van der Waals surface area contributed by atoms with Gasteiger partial charge in [-0.2, -0.15) is 0 Å². The van der Waals surface area contributed by atoms with Crippen LogP contribution >= 0.6 is 0 Å². The van der Waals surface area contributed by atoms with E-state index in [4.69, 9.17) is 5.73 Å². The third kappa shape index (κ3) is 3.84. The maximum atomic E-state index is 12.0. The van der Waals surface area contributed by atoms with Crippen LogP contribution in [-0.2, 0) is 11.2 Å². The highest BCUT2D eigenvalue weighted by atomic mass is 16.1. The van der Waals surface area contributed by atoms with Gasteiger partial charge in [-0.3, -0.25) is 4.79 Å². The predicted molar refractivity (Wildman–Crippen MR) is 75.5 cm³/mol. The molecule has 1 atom stereocenters. The quantitative estimate of drug-likeness (QED) is 0.857. The normalized spacial score (nSPS) is 13.2. The molecule has 1 aromatic rings. The maximum absolute atomic E-state index is 12.0. The molecule has 0 aliphatic carbocycles. The summed E-state index contributed by atoms with van der Waals surface area (Å²) < 4.78 is 0. The molecule has 0 bridgehead atoms. The first kappa shape index (κ1) is 14.7. The van der Waals surface area contributed by atoms with Crippen LogP contribution in [0.25, 0.3) is 0 Å². The largest absolute Gasteiger partial charge is 0.349 e. The highest BCUT2D eigenvalue weighted by Crippen LogP contribution is 2.13. The number of hydrogen-bond donors (Lipinski definition) is 2. The lowest BCUT2D eigenvalue weighted by Crippen LogP contribution is -2.54. The van der Waals surface area contributed by atoms with Gasteiger partial charge >= 0.3 is 0 Å². The van der Waals surface area contributed by atoms with Crippen LogP contribution in [-0.4, -0.2) is 17.5 Å². The van der Waals surface area contributed by atoms with Crippen LogP contribution in [0.3, 0.4) is 0 Å². The van der Waals surface area contributed by atoms with E-state index in [0.29, 0.717) is 6.42 Å². The van der Waals surface area contributed by atoms with Crippen molar-refractivity contribution in [3.05, 3.63) is 34.9 Å². The molecule has 1 unspecified atom stereocenters. The van der Waals surface area contributed by atoms with E-state index in [1.54, 1.807) is 0 Å². The van der Waals surface area contributed by atoms with Crippen molar-refractivity contribution < 1.29 is 4.79 Å². The lowest BCUT2D eigenvalue weighted by molar-refractivity contribution is -0.122. The molecule has 1 rings (SSSR count). The van der Waals surface area contributed by atoms with Gasteiger partial charge in [0.05, 0.1) is 6.42 Å². The summed E-state index contributed by atoms with van der Waals surface area (Å²) in [6.45, 7) is 9.85. The third-order valence-electron chi connectivity index (χ3n) is 3.46. The van der Waals surface area contributed by atoms with Crippen LogP contribution in [0.2, 0.25) is 0 Å². The average molecular weight is 248 g/mol. The Kier molecular flexibility index (Phi) is 4.52. The summed E-state index contributed by atoms with van der Waals surface area (Å²) in [4.78, 5) is 12.0. The zero-order chi connectivity index (χ0) is 13.9. The number of carbonyl (C=O) groups excluding carboxylic acids is 1. The summed E-state index contributed by atoms with van der Waals surface area (Å²) in [7, 11) is 0. The van der Waals surface area contributed by atoms with Crippen molar-refractivity contribution in [2.24, 2.45) is 5.73 Å². The Hall–Kier alpha value is -1.35. The topological polar surface area (TPSA) is 55.1 Å². The summed E-state index contributed by atoms with van der Waals surface area (Å²) in [5.41, 5.74) is 8.87. The number of rotatable bonds is 4. The van der Waals surface area contributed by atoms with Gasteiger partial charge in [-0.05, 0) is 45.7 Å². The van der Waals surface area contributed by atoms with Crippen LogP contribution < -0.4 is 11.1 Å². The summed E-state index contributed by atoms with van der Waals surface area (Å²) >= 11 is 0. The minimum atomic E-state index is -0.380. The van der Waals surface area contributed by atoms with E-state index in [2.05, 4.69) is 23.5 Å². The molecule has 3 heteroatoms. The van der Waals surface area contributed by atoms with E-state index in [0.717, 1.165) is 11.1 Å². The Labute approximate surface area is 110 Å². The number of benzene rings is 1. The molecule has 0 spiro atoms. The first-order valence-corrected chi connectivity index (χ1v) is 6.35. The van der Waals surface area contributed by atoms with Gasteiger partial charge in [0, 0.05) is 11.6 Å². The number of aryl methyl sites for hydroxylation is 2. The summed E-state index contributed by atoms with van der Waals surface area (Å²) in [6.07, 6.45) is 0.406. The van der Waals surface area contributed by atoms with Crippen molar-refractivity contribution in [2.45, 2.75) is 52.6 Å². The van der Waals surface area contributed by atoms with Crippen molar-refractivity contribution in [1.82, 2.24) is 5.32 Å². The van der Waals surface area contributed by atoms with Crippen molar-refractivity contribution in [2.75, 3.05) is 0 Å². The van der Waals surface area contributed by atoms with E-state index >= 15 is 0 Å². The molecule has 0 fully saturated rings. The SMILES string of the molecule is Cc1ccc(C)c(CC(=O)NC(C)(C)C(C)N)c1. The standard InChI is InChI=1S/C15H24N2O/c1-10-6-7-11(2)13(8-10)9-14(18)17-15(4,5)12(3)16/h6-8,12H,9,16H2,1-5H3,(H,17,18). The third-order valence-corrected chi connectivity index (χ3v) is 3.46. The molecule has 0 saturated heterocycles. The zero-order valence-corrected chi connectivity index (χ0v) is 12.0. The van der Waals surface area contributed by atoms with Crippen molar-refractivity contribution in [3.8, 4) is 0 Å². The van der Waals surface area contributed by atoms with E-state index in [9.17, 15) is 4.79 Å². The number of carbonyl (C=O) groups is 1. The molecular formula is C15H24N2O. The molecule has 3 nitrogen and oxygen atoms in total. The fourth-order valence-corrected chi connectivity index (χ4v) is 1.68. The summed E-state index contributed by atoms with van der Waals surface area (Å²) in [6, 6.07) is 6.09. The maximum Gasteiger partial charge on any atom is 0.224 e. The fourth-order valence-electron chi connectivity index (χ4n) is 1.68. The zero-order valence-electron chi connectivity index (χ0n) is 12.0. The molecule has 0 aromatic heterocycles. The second kappa shape index (κ2) is 5.53. The molecule has 0 saturated carbocycles. The van der Waals surface area contributed by atoms with Crippen LogP contribution in [0.5, 0.6) is 0 Å². The summed E-state index contributed by atoms with van der Waals surface area (Å²) in [5.74, 6) is 0.0194. The number of nitrogens with one attached hydrogen (secondary N) is 1. The summed E-state index contributed by atoms with van der Waals surface area (Å²) in [5, 5.41) is 2.99. The van der Waals surface area contributed by atoms with Gasteiger partial charge in [0.2, 0.25) is 5.91 Å². The Bertz CT molecular complexity index is 436. The Morgan fingerprint density at radius 2 is 2.00 bits per heavy atom. The molecule has 0 heterocycles. The lowest BCUT2D eigenvalue weighted by Gasteiger charge is -2.30. The van der Waals surface area contributed by atoms with E-state index in [-0.39, 0.29) is 17.5 Å². The molecule has 1 amide bonds. The molecule has 18 heavy (non-hydrogen) atoms. The van der Waals surface area contributed by atoms with Gasteiger partial charge in [0.1, 0.15) is 0 Å². The molecule has 0 aliphatic heterocycles. The van der Waals surface area contributed by atoms with Gasteiger partial charge < -0.3 is 11.1 Å². The Balaban J connectivity index is 2.74. The van der Waals surface area contributed by atoms with Crippen molar-refractivity contribution >= 4 is 5.91 Å². The molecule has 0 radical (unpaired) electrons. The Morgan fingerprint density at radius 1 is 1.39 bits per heavy atom. The van der Waals surface area contributed by atoms with Gasteiger partial charge in [0.25, 0.3) is 0 Å². The number of nitrogens with two attached hydrogens (primary N) is 1. The number of hydrogen-bond acceptors (Lipinski definition) is 2. The van der Waals surface area contributed by atoms with E-state index in [1.165, 1.54) is 5.56 Å². The van der Waals surface area contributed by atoms with Crippen molar-refractivity contribution in [3.63, 3.8) is 0 Å². The van der Waals surface area contributed by atoms with Gasteiger partial charge in [0.15, 0.2) is 0 Å². The van der Waals surface area contributed by atoms with Crippen LogP contribution in [0, 0.1) is 13.8 Å². The van der Waals surface area contributed by atoms with Gasteiger partial charge in [-0.25, -0.2) is 0 Å². The number of amides is 1. The molecular weight excluding hydrogens is 224 g/mol. The average Bonchev–Trinajstić information content (AvgIpc) is 2.22. The molecule has 0 aliphatic rings. The Morgan fingerprint density at radius 3 is 2.56 bits per heavy atom. The second-order valence-corrected chi connectivity index (χ2v) is 5.67. The van der Waals surface area contributed by atoms with Gasteiger partial charge in [-0.1, -0.05) is 23.8 Å². The van der Waals surface area contributed by atoms with E-state index < -0.39 is 0 Å². The predicted octanol–water partition coefficient (Wildman–Crippen LogP) is 2.09. The van der Waals surface area contributed by atoms with Crippen LogP contribution in [0.4, 0.5) is 0 Å². The second-order valence-electron chi connectivity index (χ2n) is 5.67. The monoisotopic (exact) mass is 248 g/mol. The highest BCUT2D eigenvalue weighted by molar-refractivity contribution is 5.79. The molecule has 100 valence electrons. The van der Waals surface area contributed by atoms with Crippen LogP contribution in [0.15, 0.2) is 18.2 Å². The van der Waals surface area contributed by atoms with E-state index in [1.807, 2.05) is 34.6 Å². The fraction of sp³-hybridized carbons (Fsp3) is 0.533. The molecule has 1 aromatic carbocycles. The molecule has 3 N–H and O–H groups in total. The van der Waals surface area contributed by atoms with Crippen molar-refractivity contribution in [1.29, 1.82) is 0 Å².